The van der Waals surface area contributed by atoms with E-state index in [1.54, 1.807) is 12.1 Å². The van der Waals surface area contributed by atoms with E-state index < -0.39 is 5.97 Å². The Morgan fingerprint density at radius 3 is 2.26 bits per heavy atom. The third-order valence-corrected chi connectivity index (χ3v) is 5.27. The van der Waals surface area contributed by atoms with Gasteiger partial charge in [-0.2, -0.15) is 0 Å². The van der Waals surface area contributed by atoms with Gasteiger partial charge in [0.25, 0.3) is 0 Å². The van der Waals surface area contributed by atoms with Gasteiger partial charge < -0.3 is 14.6 Å². The molecule has 0 unspecified atom stereocenters. The monoisotopic (exact) mass is 489 g/mol. The molecule has 0 aromatic heterocycles. The van der Waals surface area contributed by atoms with Crippen molar-refractivity contribution >= 4 is 23.1 Å². The van der Waals surface area contributed by atoms with Gasteiger partial charge in [-0.1, -0.05) is 47.7 Å². The first kappa shape index (κ1) is 25.9. The van der Waals surface area contributed by atoms with E-state index in [0.717, 1.165) is 27.8 Å². The third-order valence-electron chi connectivity index (χ3n) is 5.01. The summed E-state index contributed by atoms with van der Waals surface area (Å²) in [7, 11) is 3.98. The number of benzene rings is 3. The lowest BCUT2D eigenvalue weighted by molar-refractivity contribution is -0.139. The van der Waals surface area contributed by atoms with Crippen molar-refractivity contribution in [2.24, 2.45) is 0 Å². The van der Waals surface area contributed by atoms with Crippen molar-refractivity contribution in [3.63, 3.8) is 0 Å². The van der Waals surface area contributed by atoms with Gasteiger partial charge in [0.2, 0.25) is 0 Å². The Morgan fingerprint density at radius 2 is 1.66 bits per heavy atom. The maximum absolute atomic E-state index is 10.7. The Balaban J connectivity index is 1.78. The highest BCUT2D eigenvalue weighted by Gasteiger charge is 2.07. The molecule has 0 fully saturated rings. The van der Waals surface area contributed by atoms with E-state index in [4.69, 9.17) is 26.2 Å². The lowest BCUT2D eigenvalue weighted by atomic mass is 9.97. The van der Waals surface area contributed by atoms with Crippen LogP contribution in [0, 0.1) is 18.8 Å². The zero-order valence-electron chi connectivity index (χ0n) is 20.0. The molecule has 0 saturated carbocycles. The second-order valence-electron chi connectivity index (χ2n) is 8.16. The average molecular weight is 490 g/mol. The molecule has 3 rings (SSSR count). The van der Waals surface area contributed by atoms with Gasteiger partial charge in [0.1, 0.15) is 18.1 Å². The molecule has 0 saturated heterocycles. The predicted molar refractivity (Wildman–Crippen MR) is 140 cm³/mol. The van der Waals surface area contributed by atoms with Gasteiger partial charge in [0.15, 0.2) is 6.61 Å². The molecule has 35 heavy (non-hydrogen) atoms. The zero-order chi connectivity index (χ0) is 25.2. The molecule has 0 aliphatic carbocycles. The summed E-state index contributed by atoms with van der Waals surface area (Å²) in [6.45, 7) is 2.52. The summed E-state index contributed by atoms with van der Waals surface area (Å²) in [5.41, 5.74) is 4.85. The van der Waals surface area contributed by atoms with Crippen molar-refractivity contribution in [3.8, 4) is 23.3 Å². The van der Waals surface area contributed by atoms with E-state index in [-0.39, 0.29) is 6.61 Å². The van der Waals surface area contributed by atoms with Crippen LogP contribution >= 0.6 is 11.6 Å². The summed E-state index contributed by atoms with van der Waals surface area (Å²) in [5, 5.41) is 9.47. The lowest BCUT2D eigenvalue weighted by Crippen LogP contribution is -2.10. The average Bonchev–Trinajstić information content (AvgIpc) is 2.82. The molecule has 1 N–H and O–H groups in total. The van der Waals surface area contributed by atoms with E-state index in [1.807, 2.05) is 74.5 Å². The molecule has 0 amide bonds. The van der Waals surface area contributed by atoms with Crippen molar-refractivity contribution < 1.29 is 19.4 Å². The largest absolute Gasteiger partial charge is 0.489 e. The van der Waals surface area contributed by atoms with Gasteiger partial charge in [0, 0.05) is 10.6 Å². The van der Waals surface area contributed by atoms with Crippen molar-refractivity contribution in [1.82, 2.24) is 4.90 Å². The minimum absolute atomic E-state index is 0.344. The summed E-state index contributed by atoms with van der Waals surface area (Å²) in [6, 6.07) is 21.2. The number of halogens is 1. The van der Waals surface area contributed by atoms with Crippen molar-refractivity contribution in [1.29, 1.82) is 0 Å². The minimum Gasteiger partial charge on any atom is -0.489 e. The highest BCUT2D eigenvalue weighted by atomic mass is 35.5. The summed E-state index contributed by atoms with van der Waals surface area (Å²) in [5.74, 6) is 6.51. The number of ether oxygens (including phenoxy) is 2. The zero-order valence-corrected chi connectivity index (χ0v) is 20.8. The third kappa shape index (κ3) is 8.22. The molecule has 0 atom stereocenters. The van der Waals surface area contributed by atoms with Crippen LogP contribution in [0.2, 0.25) is 5.02 Å². The van der Waals surface area contributed by atoms with Crippen molar-refractivity contribution in [3.05, 3.63) is 100 Å². The first-order valence-corrected chi connectivity index (χ1v) is 11.5. The molecule has 0 bridgehead atoms. The molecule has 3 aromatic carbocycles. The maximum Gasteiger partial charge on any atom is 0.341 e. The fraction of sp³-hybridized carbons (Fsp3) is 0.207. The summed E-state index contributed by atoms with van der Waals surface area (Å²) < 4.78 is 11.2. The standard InChI is InChI=1S/C29H28ClNO4/c1-21-19-26(14-15-28(21)35-20-29(32)33)34-18-16-27(24-10-12-25(30)13-11-24)23-8-6-22(7-9-23)5-4-17-31(2)3/h6-16,19H,17-18,20H2,1-3H3,(H,32,33). The summed E-state index contributed by atoms with van der Waals surface area (Å²) >= 11 is 6.10. The number of nitrogens with zero attached hydrogens (tertiary/aromatic N) is 1. The van der Waals surface area contributed by atoms with Gasteiger partial charge in [-0.25, -0.2) is 4.79 Å². The van der Waals surface area contributed by atoms with Crippen molar-refractivity contribution in [2.75, 3.05) is 33.9 Å². The molecule has 0 aliphatic heterocycles. The number of carboxylic acid groups (broad SMARTS) is 1. The van der Waals surface area contributed by atoms with E-state index in [9.17, 15) is 4.79 Å². The smallest absolute Gasteiger partial charge is 0.341 e. The van der Waals surface area contributed by atoms with E-state index in [0.29, 0.717) is 29.7 Å². The van der Waals surface area contributed by atoms with Crippen LogP contribution in [0.5, 0.6) is 11.5 Å². The predicted octanol–water partition coefficient (Wildman–Crippen LogP) is 5.54. The fourth-order valence-corrected chi connectivity index (χ4v) is 3.42. The first-order valence-electron chi connectivity index (χ1n) is 11.1. The molecule has 6 heteroatoms. The van der Waals surface area contributed by atoms with Crippen LogP contribution < -0.4 is 9.47 Å². The minimum atomic E-state index is -1.02. The Hall–Kier alpha value is -3.72. The Kier molecular flexibility index (Phi) is 9.37. The fourth-order valence-electron chi connectivity index (χ4n) is 3.30. The van der Waals surface area contributed by atoms with Crippen LogP contribution in [-0.4, -0.2) is 49.8 Å². The topological polar surface area (TPSA) is 59.0 Å². The second-order valence-corrected chi connectivity index (χ2v) is 8.60. The summed E-state index contributed by atoms with van der Waals surface area (Å²) in [4.78, 5) is 12.8. The van der Waals surface area contributed by atoms with Crippen LogP contribution in [0.4, 0.5) is 0 Å². The van der Waals surface area contributed by atoms with Gasteiger partial charge in [0.05, 0.1) is 6.54 Å². The lowest BCUT2D eigenvalue weighted by Gasteiger charge is -2.12. The second kappa shape index (κ2) is 12.7. The highest BCUT2D eigenvalue weighted by molar-refractivity contribution is 6.30. The molecule has 0 heterocycles. The first-order chi connectivity index (χ1) is 16.8. The number of aryl methyl sites for hydroxylation is 1. The van der Waals surface area contributed by atoms with Crippen LogP contribution in [0.3, 0.4) is 0 Å². The van der Waals surface area contributed by atoms with Crippen LogP contribution in [0.25, 0.3) is 5.57 Å². The molecule has 0 radical (unpaired) electrons. The maximum atomic E-state index is 10.7. The van der Waals surface area contributed by atoms with Crippen molar-refractivity contribution in [2.45, 2.75) is 6.92 Å². The Bertz CT molecular complexity index is 1240. The van der Waals surface area contributed by atoms with Crippen LogP contribution in [0.1, 0.15) is 22.3 Å². The van der Waals surface area contributed by atoms with Gasteiger partial charge in [-0.05, 0) is 91.8 Å². The van der Waals surface area contributed by atoms with Crippen LogP contribution in [-0.2, 0) is 4.79 Å². The summed E-state index contributed by atoms with van der Waals surface area (Å²) in [6.07, 6.45) is 2.03. The molecule has 3 aromatic rings. The van der Waals surface area contributed by atoms with E-state index in [2.05, 4.69) is 24.0 Å². The molecular weight excluding hydrogens is 462 g/mol. The number of aliphatic carboxylic acids is 1. The van der Waals surface area contributed by atoms with E-state index >= 15 is 0 Å². The normalized spacial score (nSPS) is 11.1. The molecule has 5 nitrogen and oxygen atoms in total. The molecule has 0 spiro atoms. The number of hydrogen-bond donors (Lipinski definition) is 1. The molecule has 180 valence electrons. The number of hydrogen-bond acceptors (Lipinski definition) is 4. The number of carboxylic acids is 1. The Morgan fingerprint density at radius 1 is 1.00 bits per heavy atom. The van der Waals surface area contributed by atoms with Gasteiger partial charge in [-0.3, -0.25) is 4.90 Å². The van der Waals surface area contributed by atoms with E-state index in [1.165, 1.54) is 0 Å². The van der Waals surface area contributed by atoms with Gasteiger partial charge in [-0.15, -0.1) is 0 Å². The molecular formula is C29H28ClNO4. The SMILES string of the molecule is Cc1cc(OCC=C(c2ccc(Cl)cc2)c2ccc(C#CCN(C)C)cc2)ccc1OCC(=O)O. The Labute approximate surface area is 211 Å². The van der Waals surface area contributed by atoms with Gasteiger partial charge >= 0.3 is 5.97 Å². The molecule has 0 aliphatic rings. The quantitative estimate of drug-likeness (QED) is 0.400. The van der Waals surface area contributed by atoms with Crippen LogP contribution in [0.15, 0.2) is 72.8 Å². The highest BCUT2D eigenvalue weighted by Crippen LogP contribution is 2.27. The number of carbonyl (C=O) groups is 1. The number of rotatable bonds is 9.